The molecule has 3 heterocycles. The van der Waals surface area contributed by atoms with Crippen molar-refractivity contribution >= 4 is 17.2 Å². The molecule has 1 saturated heterocycles. The summed E-state index contributed by atoms with van der Waals surface area (Å²) in [6, 6.07) is 3.64. The van der Waals surface area contributed by atoms with Crippen molar-refractivity contribution in [2.45, 2.75) is 19.4 Å². The number of amides is 1. The van der Waals surface area contributed by atoms with Crippen LogP contribution in [0.15, 0.2) is 28.2 Å². The fourth-order valence-corrected chi connectivity index (χ4v) is 3.33. The van der Waals surface area contributed by atoms with E-state index in [1.165, 1.54) is 11.3 Å². The van der Waals surface area contributed by atoms with Gasteiger partial charge in [-0.15, -0.1) is 11.3 Å². The van der Waals surface area contributed by atoms with Gasteiger partial charge in [-0.25, -0.2) is 4.98 Å². The number of rotatable bonds is 5. The first-order valence-electron chi connectivity index (χ1n) is 7.67. The van der Waals surface area contributed by atoms with Crippen LogP contribution in [-0.4, -0.2) is 54.2 Å². The molecule has 0 spiro atoms. The number of furan rings is 1. The van der Waals surface area contributed by atoms with Crippen LogP contribution in [0.4, 0.5) is 0 Å². The van der Waals surface area contributed by atoms with Gasteiger partial charge in [0.05, 0.1) is 19.5 Å². The molecule has 3 rings (SSSR count). The van der Waals surface area contributed by atoms with E-state index in [-0.39, 0.29) is 11.4 Å². The summed E-state index contributed by atoms with van der Waals surface area (Å²) in [6.07, 6.45) is 1.60. The fourth-order valence-electron chi connectivity index (χ4n) is 2.56. The van der Waals surface area contributed by atoms with Crippen LogP contribution in [0.2, 0.25) is 0 Å². The SMILES string of the molecule is CC(C)(CNC(=O)c1csc(-c2ccco2)n1)N1CCOCC1. The highest BCUT2D eigenvalue weighted by molar-refractivity contribution is 7.13. The molecule has 0 unspecified atom stereocenters. The lowest BCUT2D eigenvalue weighted by Crippen LogP contribution is -2.55. The summed E-state index contributed by atoms with van der Waals surface area (Å²) < 4.78 is 10.7. The van der Waals surface area contributed by atoms with Crippen LogP contribution in [0, 0.1) is 0 Å². The number of nitrogens with zero attached hydrogens (tertiary/aromatic N) is 2. The van der Waals surface area contributed by atoms with E-state index >= 15 is 0 Å². The molecule has 7 heteroatoms. The third kappa shape index (κ3) is 3.80. The molecule has 0 aromatic carbocycles. The van der Waals surface area contributed by atoms with Gasteiger partial charge in [0.25, 0.3) is 5.91 Å². The Kier molecular flexibility index (Phi) is 4.79. The summed E-state index contributed by atoms with van der Waals surface area (Å²) in [6.45, 7) is 8.11. The number of nitrogens with one attached hydrogen (secondary N) is 1. The Labute approximate surface area is 139 Å². The van der Waals surface area contributed by atoms with Crippen LogP contribution >= 0.6 is 11.3 Å². The van der Waals surface area contributed by atoms with E-state index in [4.69, 9.17) is 9.15 Å². The lowest BCUT2D eigenvalue weighted by molar-refractivity contribution is -0.00924. The van der Waals surface area contributed by atoms with Crippen molar-refractivity contribution in [1.82, 2.24) is 15.2 Å². The van der Waals surface area contributed by atoms with Gasteiger partial charge < -0.3 is 14.5 Å². The highest BCUT2D eigenvalue weighted by Gasteiger charge is 2.29. The summed E-state index contributed by atoms with van der Waals surface area (Å²) in [5, 5.41) is 5.46. The van der Waals surface area contributed by atoms with E-state index in [1.807, 2.05) is 6.07 Å². The second kappa shape index (κ2) is 6.82. The molecule has 0 atom stereocenters. The van der Waals surface area contributed by atoms with Gasteiger partial charge in [0.15, 0.2) is 10.8 Å². The minimum absolute atomic E-state index is 0.112. The average molecular weight is 335 g/mol. The Hall–Kier alpha value is -1.70. The maximum atomic E-state index is 12.3. The first kappa shape index (κ1) is 16.2. The van der Waals surface area contributed by atoms with Crippen LogP contribution < -0.4 is 5.32 Å². The molecule has 124 valence electrons. The minimum atomic E-state index is -0.152. The van der Waals surface area contributed by atoms with E-state index in [2.05, 4.69) is 29.0 Å². The maximum Gasteiger partial charge on any atom is 0.270 e. The first-order chi connectivity index (χ1) is 11.1. The predicted molar refractivity (Wildman–Crippen MR) is 88.6 cm³/mol. The number of hydrogen-bond donors (Lipinski definition) is 1. The van der Waals surface area contributed by atoms with Gasteiger partial charge in [-0.3, -0.25) is 9.69 Å². The summed E-state index contributed by atoms with van der Waals surface area (Å²) in [5.74, 6) is 0.531. The quantitative estimate of drug-likeness (QED) is 0.908. The minimum Gasteiger partial charge on any atom is -0.462 e. The molecule has 1 amide bonds. The van der Waals surface area contributed by atoms with E-state index in [9.17, 15) is 4.79 Å². The van der Waals surface area contributed by atoms with Gasteiger partial charge in [-0.1, -0.05) is 0 Å². The molecule has 0 saturated carbocycles. The Morgan fingerprint density at radius 2 is 2.22 bits per heavy atom. The molecule has 2 aromatic heterocycles. The molecule has 2 aromatic rings. The summed E-state index contributed by atoms with van der Waals surface area (Å²) >= 11 is 1.40. The topological polar surface area (TPSA) is 67.6 Å². The van der Waals surface area contributed by atoms with Crippen molar-refractivity contribution in [2.24, 2.45) is 0 Å². The number of morpholine rings is 1. The van der Waals surface area contributed by atoms with Gasteiger partial charge in [0.1, 0.15) is 5.69 Å². The lowest BCUT2D eigenvalue weighted by Gasteiger charge is -2.40. The zero-order chi connectivity index (χ0) is 16.3. The molecular weight excluding hydrogens is 314 g/mol. The van der Waals surface area contributed by atoms with Crippen molar-refractivity contribution in [2.75, 3.05) is 32.8 Å². The van der Waals surface area contributed by atoms with Gasteiger partial charge in [0.2, 0.25) is 0 Å². The smallest absolute Gasteiger partial charge is 0.270 e. The Morgan fingerprint density at radius 3 is 2.91 bits per heavy atom. The van der Waals surface area contributed by atoms with Crippen molar-refractivity contribution in [3.05, 3.63) is 29.5 Å². The van der Waals surface area contributed by atoms with Gasteiger partial charge in [0, 0.05) is 30.6 Å². The molecule has 23 heavy (non-hydrogen) atoms. The molecule has 0 bridgehead atoms. The molecular formula is C16H21N3O3S. The summed E-state index contributed by atoms with van der Waals surface area (Å²) in [7, 11) is 0. The average Bonchev–Trinajstić information content (AvgIpc) is 3.24. The number of carbonyl (C=O) groups is 1. The lowest BCUT2D eigenvalue weighted by atomic mass is 10.0. The molecule has 6 nitrogen and oxygen atoms in total. The second-order valence-electron chi connectivity index (χ2n) is 6.11. The molecule has 1 aliphatic rings. The van der Waals surface area contributed by atoms with E-state index in [1.54, 1.807) is 17.7 Å². The van der Waals surface area contributed by atoms with Crippen LogP contribution in [-0.2, 0) is 4.74 Å². The monoisotopic (exact) mass is 335 g/mol. The zero-order valence-electron chi connectivity index (χ0n) is 13.4. The molecule has 1 fully saturated rings. The molecule has 1 N–H and O–H groups in total. The van der Waals surface area contributed by atoms with E-state index in [0.717, 1.165) is 26.3 Å². The zero-order valence-corrected chi connectivity index (χ0v) is 14.2. The van der Waals surface area contributed by atoms with Crippen molar-refractivity contribution < 1.29 is 13.9 Å². The third-order valence-corrected chi connectivity index (χ3v) is 4.87. The Balaban J connectivity index is 1.58. The molecule has 1 aliphatic heterocycles. The second-order valence-corrected chi connectivity index (χ2v) is 6.97. The highest BCUT2D eigenvalue weighted by atomic mass is 32.1. The molecule has 0 radical (unpaired) electrons. The van der Waals surface area contributed by atoms with Gasteiger partial charge in [-0.2, -0.15) is 0 Å². The van der Waals surface area contributed by atoms with Crippen LogP contribution in [0.25, 0.3) is 10.8 Å². The fraction of sp³-hybridized carbons (Fsp3) is 0.500. The Bertz CT molecular complexity index is 645. The predicted octanol–water partition coefficient (Wildman–Crippen LogP) is 2.24. The summed E-state index contributed by atoms with van der Waals surface area (Å²) in [5.41, 5.74) is 0.318. The van der Waals surface area contributed by atoms with Crippen LogP contribution in [0.3, 0.4) is 0 Å². The molecule has 0 aliphatic carbocycles. The normalized spacial score (nSPS) is 16.4. The number of hydrogen-bond acceptors (Lipinski definition) is 6. The van der Waals surface area contributed by atoms with Crippen molar-refractivity contribution in [3.63, 3.8) is 0 Å². The number of carbonyl (C=O) groups excluding carboxylic acids is 1. The maximum absolute atomic E-state index is 12.3. The first-order valence-corrected chi connectivity index (χ1v) is 8.55. The van der Waals surface area contributed by atoms with Crippen LogP contribution in [0.5, 0.6) is 0 Å². The highest BCUT2D eigenvalue weighted by Crippen LogP contribution is 2.24. The van der Waals surface area contributed by atoms with Gasteiger partial charge >= 0.3 is 0 Å². The number of thiazole rings is 1. The standard InChI is InChI=1S/C16H21N3O3S/c1-16(2,19-5-8-21-9-6-19)11-17-14(20)12-10-23-15(18-12)13-4-3-7-22-13/h3-4,7,10H,5-6,8-9,11H2,1-2H3,(H,17,20). The van der Waals surface area contributed by atoms with Crippen molar-refractivity contribution in [3.8, 4) is 10.8 Å². The van der Waals surface area contributed by atoms with E-state index < -0.39 is 0 Å². The largest absolute Gasteiger partial charge is 0.462 e. The number of aromatic nitrogens is 1. The van der Waals surface area contributed by atoms with Crippen molar-refractivity contribution in [1.29, 1.82) is 0 Å². The van der Waals surface area contributed by atoms with E-state index in [0.29, 0.717) is 23.0 Å². The number of ether oxygens (including phenoxy) is 1. The van der Waals surface area contributed by atoms with Gasteiger partial charge in [-0.05, 0) is 26.0 Å². The Morgan fingerprint density at radius 1 is 1.43 bits per heavy atom. The third-order valence-electron chi connectivity index (χ3n) is 4.02. The van der Waals surface area contributed by atoms with Crippen LogP contribution in [0.1, 0.15) is 24.3 Å². The summed E-state index contributed by atoms with van der Waals surface area (Å²) in [4.78, 5) is 19.0.